The zero-order valence-electron chi connectivity index (χ0n) is 20.5. The third-order valence-electron chi connectivity index (χ3n) is 6.74. The average Bonchev–Trinajstić information content (AvgIpc) is 3.11. The van der Waals surface area contributed by atoms with Gasteiger partial charge < -0.3 is 9.72 Å². The van der Waals surface area contributed by atoms with Crippen molar-refractivity contribution in [2.45, 2.75) is 58.4 Å². The number of aromatic amines is 1. The summed E-state index contributed by atoms with van der Waals surface area (Å²) in [4.78, 5) is 15.8. The molecule has 184 valence electrons. The van der Waals surface area contributed by atoms with Crippen LogP contribution in [0.15, 0.2) is 52.2 Å². The molecule has 1 fully saturated rings. The Labute approximate surface area is 201 Å². The van der Waals surface area contributed by atoms with Crippen molar-refractivity contribution in [3.8, 4) is 0 Å². The molecule has 8 heteroatoms. The average molecular weight is 486 g/mol. The number of nitrogens with one attached hydrogen (secondary N) is 1. The number of anilines is 1. The number of fused-ring (bicyclic) bond motifs is 1. The van der Waals surface area contributed by atoms with E-state index in [2.05, 4.69) is 18.8 Å². The Hall–Kier alpha value is -2.58. The summed E-state index contributed by atoms with van der Waals surface area (Å²) in [5.74, 6) is 0.144. The van der Waals surface area contributed by atoms with Gasteiger partial charge in [0.1, 0.15) is 0 Å². The number of imidazole rings is 1. The predicted octanol–water partition coefficient (Wildman–Crippen LogP) is 4.56. The van der Waals surface area contributed by atoms with E-state index in [-0.39, 0.29) is 21.9 Å². The Kier molecular flexibility index (Phi) is 6.92. The molecule has 2 aromatic carbocycles. The van der Waals surface area contributed by atoms with E-state index in [9.17, 15) is 13.2 Å². The highest BCUT2D eigenvalue weighted by molar-refractivity contribution is 7.92. The number of sulfonamides is 1. The summed E-state index contributed by atoms with van der Waals surface area (Å²) < 4.78 is 36.2. The molecule has 3 aromatic rings. The van der Waals surface area contributed by atoms with Gasteiger partial charge in [0.15, 0.2) is 0 Å². The second-order valence-electron chi connectivity index (χ2n) is 10.1. The van der Waals surface area contributed by atoms with Gasteiger partial charge in [-0.3, -0.25) is 8.87 Å². The van der Waals surface area contributed by atoms with Gasteiger partial charge in [-0.25, -0.2) is 13.2 Å². The minimum absolute atomic E-state index is 0.0271. The van der Waals surface area contributed by atoms with Crippen LogP contribution in [0.5, 0.6) is 0 Å². The van der Waals surface area contributed by atoms with Gasteiger partial charge in [-0.2, -0.15) is 0 Å². The molecule has 0 saturated carbocycles. The number of ether oxygens (including phenoxy) is 1. The van der Waals surface area contributed by atoms with Gasteiger partial charge in [-0.05, 0) is 66.5 Å². The quantitative estimate of drug-likeness (QED) is 0.507. The first-order valence-electron chi connectivity index (χ1n) is 12.0. The van der Waals surface area contributed by atoms with E-state index in [0.29, 0.717) is 37.5 Å². The number of aryl methyl sites for hydroxylation is 1. The van der Waals surface area contributed by atoms with Crippen LogP contribution < -0.4 is 9.99 Å². The molecule has 1 saturated heterocycles. The number of benzene rings is 2. The molecule has 34 heavy (non-hydrogen) atoms. The molecule has 0 spiro atoms. The smallest absolute Gasteiger partial charge is 0.326 e. The Morgan fingerprint density at radius 2 is 1.79 bits per heavy atom. The highest BCUT2D eigenvalue weighted by Gasteiger charge is 2.30. The topological polar surface area (TPSA) is 84.4 Å². The number of hydrogen-bond acceptors (Lipinski definition) is 4. The molecule has 1 N–H and O–H groups in total. The molecule has 1 aliphatic heterocycles. The summed E-state index contributed by atoms with van der Waals surface area (Å²) in [6, 6.07) is 12.6. The predicted molar refractivity (Wildman–Crippen MR) is 136 cm³/mol. The highest BCUT2D eigenvalue weighted by atomic mass is 32.2. The molecule has 0 radical (unpaired) electrons. The lowest BCUT2D eigenvalue weighted by molar-refractivity contribution is 0.0156. The Balaban J connectivity index is 1.71. The number of H-pyrrole nitrogens is 1. The van der Waals surface area contributed by atoms with Crippen molar-refractivity contribution in [2.75, 3.05) is 24.1 Å². The fourth-order valence-electron chi connectivity index (χ4n) is 4.56. The first-order valence-corrected chi connectivity index (χ1v) is 13.5. The van der Waals surface area contributed by atoms with Crippen LogP contribution in [0.3, 0.4) is 0 Å². The Bertz CT molecular complexity index is 1300. The van der Waals surface area contributed by atoms with Gasteiger partial charge >= 0.3 is 5.69 Å². The number of rotatable bonds is 8. The van der Waals surface area contributed by atoms with Gasteiger partial charge in [-0.15, -0.1) is 0 Å². The molecule has 0 aliphatic carbocycles. The monoisotopic (exact) mass is 485 g/mol. The van der Waals surface area contributed by atoms with E-state index in [4.69, 9.17) is 4.74 Å². The Morgan fingerprint density at radius 1 is 1.12 bits per heavy atom. The lowest BCUT2D eigenvalue weighted by Gasteiger charge is -2.33. The van der Waals surface area contributed by atoms with E-state index in [1.165, 1.54) is 4.31 Å². The molecule has 7 nitrogen and oxygen atoms in total. The molecule has 1 aromatic heterocycles. The van der Waals surface area contributed by atoms with Crippen LogP contribution in [0.1, 0.15) is 46.1 Å². The van der Waals surface area contributed by atoms with E-state index < -0.39 is 10.0 Å². The van der Waals surface area contributed by atoms with Crippen molar-refractivity contribution in [3.63, 3.8) is 0 Å². The van der Waals surface area contributed by atoms with E-state index in [1.807, 2.05) is 38.1 Å². The molecule has 0 amide bonds. The molecule has 4 rings (SSSR count). The zero-order valence-corrected chi connectivity index (χ0v) is 21.3. The van der Waals surface area contributed by atoms with Crippen LogP contribution in [0.2, 0.25) is 0 Å². The maximum Gasteiger partial charge on any atom is 0.326 e. The highest BCUT2D eigenvalue weighted by Crippen LogP contribution is 2.33. The van der Waals surface area contributed by atoms with E-state index >= 15 is 0 Å². The van der Waals surface area contributed by atoms with Gasteiger partial charge in [0.05, 0.1) is 21.6 Å². The summed E-state index contributed by atoms with van der Waals surface area (Å²) in [6.07, 6.45) is 2.67. The molecular formula is C26H35N3O4S. The first kappa shape index (κ1) is 24.5. The third-order valence-corrected chi connectivity index (χ3v) is 8.53. The second kappa shape index (κ2) is 9.58. The lowest BCUT2D eigenvalue weighted by Crippen LogP contribution is -2.34. The maximum absolute atomic E-state index is 13.7. The molecule has 1 aliphatic rings. The molecule has 2 heterocycles. The van der Waals surface area contributed by atoms with Crippen molar-refractivity contribution in [1.82, 2.24) is 9.55 Å². The summed E-state index contributed by atoms with van der Waals surface area (Å²) in [5, 5.41) is 0. The summed E-state index contributed by atoms with van der Waals surface area (Å²) >= 11 is 0. The molecule has 0 bridgehead atoms. The number of hydrogen-bond donors (Lipinski definition) is 1. The summed E-state index contributed by atoms with van der Waals surface area (Å²) in [7, 11) is -3.82. The molecule has 0 atom stereocenters. The molecular weight excluding hydrogens is 450 g/mol. The van der Waals surface area contributed by atoms with Gasteiger partial charge in [0.2, 0.25) is 0 Å². The van der Waals surface area contributed by atoms with Crippen molar-refractivity contribution in [1.29, 1.82) is 0 Å². The normalized spacial score (nSPS) is 16.3. The fourth-order valence-corrected chi connectivity index (χ4v) is 6.22. The maximum atomic E-state index is 13.7. The lowest BCUT2D eigenvalue weighted by atomic mass is 9.82. The zero-order chi connectivity index (χ0) is 24.5. The van der Waals surface area contributed by atoms with Crippen LogP contribution in [-0.2, 0) is 27.7 Å². The standard InChI is InChI=1S/C26H35N3O4S/c1-5-20-6-8-21(9-7-20)29(17-19(2)3)34(31,32)22-10-11-24-23(16-22)27-25(30)28(24)18-26(4)12-14-33-15-13-26/h6-11,16,19H,5,12-15,17-18H2,1-4H3,(H,27,30). The van der Waals surface area contributed by atoms with Crippen molar-refractivity contribution in [2.24, 2.45) is 11.3 Å². The first-order chi connectivity index (χ1) is 16.1. The van der Waals surface area contributed by atoms with Gasteiger partial charge in [0.25, 0.3) is 10.0 Å². The van der Waals surface area contributed by atoms with Crippen molar-refractivity contribution in [3.05, 3.63) is 58.5 Å². The number of nitrogens with zero attached hydrogens (tertiary/aromatic N) is 2. The summed E-state index contributed by atoms with van der Waals surface area (Å²) in [5.41, 5.74) is 2.81. The van der Waals surface area contributed by atoms with Gasteiger partial charge in [0, 0.05) is 26.3 Å². The number of aromatic nitrogens is 2. The van der Waals surface area contributed by atoms with E-state index in [1.54, 1.807) is 22.8 Å². The Morgan fingerprint density at radius 3 is 2.41 bits per heavy atom. The van der Waals surface area contributed by atoms with Crippen LogP contribution in [0, 0.1) is 11.3 Å². The largest absolute Gasteiger partial charge is 0.381 e. The second-order valence-corrected chi connectivity index (χ2v) is 11.9. The van der Waals surface area contributed by atoms with Crippen LogP contribution in [0.25, 0.3) is 11.0 Å². The van der Waals surface area contributed by atoms with Crippen LogP contribution >= 0.6 is 0 Å². The van der Waals surface area contributed by atoms with Crippen LogP contribution in [-0.4, -0.2) is 37.7 Å². The van der Waals surface area contributed by atoms with Gasteiger partial charge in [-0.1, -0.05) is 39.8 Å². The van der Waals surface area contributed by atoms with Crippen molar-refractivity contribution < 1.29 is 13.2 Å². The fraction of sp³-hybridized carbons (Fsp3) is 0.500. The minimum atomic E-state index is -3.82. The molecule has 0 unspecified atom stereocenters. The SMILES string of the molecule is CCc1ccc(N(CC(C)C)S(=O)(=O)c2ccc3c(c2)[nH]c(=O)n3CC2(C)CCOCC2)cc1. The van der Waals surface area contributed by atoms with Crippen molar-refractivity contribution >= 4 is 26.7 Å². The summed E-state index contributed by atoms with van der Waals surface area (Å²) in [6.45, 7) is 10.6. The van der Waals surface area contributed by atoms with E-state index in [0.717, 1.165) is 30.3 Å². The third kappa shape index (κ3) is 4.93. The minimum Gasteiger partial charge on any atom is -0.381 e. The van der Waals surface area contributed by atoms with Crippen LogP contribution in [0.4, 0.5) is 5.69 Å².